The van der Waals surface area contributed by atoms with Gasteiger partial charge in [0.1, 0.15) is 6.04 Å². The van der Waals surface area contributed by atoms with Gasteiger partial charge in [0.25, 0.3) is 0 Å². The van der Waals surface area contributed by atoms with Crippen LogP contribution >= 0.6 is 0 Å². The van der Waals surface area contributed by atoms with Gasteiger partial charge in [-0.25, -0.2) is 0 Å². The largest absolute Gasteiger partial charge is 0.343 e. The highest BCUT2D eigenvalue weighted by Gasteiger charge is 2.29. The molecule has 2 unspecified atom stereocenters. The van der Waals surface area contributed by atoms with E-state index in [4.69, 9.17) is 0 Å². The van der Waals surface area contributed by atoms with Gasteiger partial charge in [-0.05, 0) is 40.2 Å². The first-order chi connectivity index (χ1) is 8.88. The van der Waals surface area contributed by atoms with Crippen molar-refractivity contribution >= 4 is 11.8 Å². The predicted octanol–water partition coefficient (Wildman–Crippen LogP) is 1.02. The highest BCUT2D eigenvalue weighted by Crippen LogP contribution is 2.20. The van der Waals surface area contributed by atoms with Gasteiger partial charge in [-0.15, -0.1) is 0 Å². The fourth-order valence-electron chi connectivity index (χ4n) is 2.18. The quantitative estimate of drug-likeness (QED) is 0.799. The lowest BCUT2D eigenvalue weighted by molar-refractivity contribution is -0.134. The zero-order chi connectivity index (χ0) is 14.6. The Bertz CT molecular complexity index is 390. The van der Waals surface area contributed by atoms with Crippen molar-refractivity contribution in [1.82, 2.24) is 15.5 Å². The molecule has 2 amide bonds. The molecule has 0 aromatic carbocycles. The molecule has 2 atom stereocenters. The third-order valence-corrected chi connectivity index (χ3v) is 3.78. The molecule has 5 heteroatoms. The number of nitrogens with one attached hydrogen (secondary N) is 2. The van der Waals surface area contributed by atoms with Gasteiger partial charge >= 0.3 is 0 Å². The summed E-state index contributed by atoms with van der Waals surface area (Å²) in [6.07, 6.45) is 1.50. The van der Waals surface area contributed by atoms with Gasteiger partial charge in [0.15, 0.2) is 0 Å². The minimum atomic E-state index is -0.425. The van der Waals surface area contributed by atoms with E-state index in [1.165, 1.54) is 5.57 Å². The minimum absolute atomic E-state index is 0.0357. The number of amides is 2. The van der Waals surface area contributed by atoms with E-state index < -0.39 is 6.04 Å². The number of likely N-dealkylation sites (N-methyl/N-ethyl adjacent to an activating group) is 2. The second-order valence-corrected chi connectivity index (χ2v) is 5.14. The van der Waals surface area contributed by atoms with Crippen molar-refractivity contribution in [2.24, 2.45) is 0 Å². The highest BCUT2D eigenvalue weighted by molar-refractivity contribution is 5.90. The van der Waals surface area contributed by atoms with Gasteiger partial charge in [0.05, 0.1) is 6.04 Å². The second kappa shape index (κ2) is 6.70. The molecule has 0 aromatic heterocycles. The Morgan fingerprint density at radius 1 is 1.47 bits per heavy atom. The molecule has 0 aliphatic carbocycles. The van der Waals surface area contributed by atoms with Crippen LogP contribution in [0.4, 0.5) is 0 Å². The van der Waals surface area contributed by atoms with Gasteiger partial charge in [-0.3, -0.25) is 9.59 Å². The molecule has 108 valence electrons. The topological polar surface area (TPSA) is 61.4 Å². The van der Waals surface area contributed by atoms with Crippen LogP contribution in [0.2, 0.25) is 0 Å². The van der Waals surface area contributed by atoms with Crippen molar-refractivity contribution in [3.05, 3.63) is 11.3 Å². The van der Waals surface area contributed by atoms with E-state index in [9.17, 15) is 9.59 Å². The number of carbonyl (C=O) groups excluding carboxylic acids is 2. The highest BCUT2D eigenvalue weighted by atomic mass is 16.2. The van der Waals surface area contributed by atoms with Crippen LogP contribution in [0.25, 0.3) is 0 Å². The number of hydrogen-bond donors (Lipinski definition) is 2. The molecule has 0 bridgehead atoms. The SMILES string of the molecule is CCNC(C)C(=O)NC1CCC(C)=C(C)N(C)C1=O. The summed E-state index contributed by atoms with van der Waals surface area (Å²) in [4.78, 5) is 25.9. The van der Waals surface area contributed by atoms with E-state index in [1.54, 1.807) is 18.9 Å². The van der Waals surface area contributed by atoms with E-state index in [0.29, 0.717) is 6.42 Å². The number of nitrogens with zero attached hydrogens (tertiary/aromatic N) is 1. The first kappa shape index (κ1) is 15.7. The van der Waals surface area contributed by atoms with Crippen LogP contribution in [0.1, 0.15) is 40.5 Å². The fourth-order valence-corrected chi connectivity index (χ4v) is 2.18. The number of hydrogen-bond acceptors (Lipinski definition) is 3. The Balaban J connectivity index is 2.71. The van der Waals surface area contributed by atoms with Gasteiger partial charge in [0.2, 0.25) is 11.8 Å². The molecule has 2 N–H and O–H groups in total. The average molecular weight is 267 g/mol. The Kier molecular flexibility index (Phi) is 5.54. The van der Waals surface area contributed by atoms with Crippen LogP contribution in [-0.2, 0) is 9.59 Å². The van der Waals surface area contributed by atoms with Gasteiger partial charge in [-0.2, -0.15) is 0 Å². The Morgan fingerprint density at radius 2 is 2.11 bits per heavy atom. The van der Waals surface area contributed by atoms with Crippen LogP contribution in [0.5, 0.6) is 0 Å². The molecule has 0 aromatic rings. The van der Waals surface area contributed by atoms with E-state index >= 15 is 0 Å². The van der Waals surface area contributed by atoms with Crippen LogP contribution in [0, 0.1) is 0 Å². The molecule has 1 rings (SSSR count). The third-order valence-electron chi connectivity index (χ3n) is 3.78. The second-order valence-electron chi connectivity index (χ2n) is 5.14. The van der Waals surface area contributed by atoms with E-state index in [2.05, 4.69) is 10.6 Å². The molecule has 0 fully saturated rings. The summed E-state index contributed by atoms with van der Waals surface area (Å²) in [5.74, 6) is -0.155. The lowest BCUT2D eigenvalue weighted by Gasteiger charge is -2.23. The van der Waals surface area contributed by atoms with Crippen molar-refractivity contribution in [2.75, 3.05) is 13.6 Å². The van der Waals surface area contributed by atoms with Gasteiger partial charge in [0, 0.05) is 12.7 Å². The fraction of sp³-hybridized carbons (Fsp3) is 0.714. The maximum Gasteiger partial charge on any atom is 0.249 e. The summed E-state index contributed by atoms with van der Waals surface area (Å²) in [6, 6.07) is -0.701. The van der Waals surface area contributed by atoms with Crippen molar-refractivity contribution in [1.29, 1.82) is 0 Å². The maximum absolute atomic E-state index is 12.3. The molecule has 0 saturated heterocycles. The van der Waals surface area contributed by atoms with Crippen molar-refractivity contribution in [3.8, 4) is 0 Å². The Morgan fingerprint density at radius 3 is 2.68 bits per heavy atom. The van der Waals surface area contributed by atoms with Crippen LogP contribution in [0.3, 0.4) is 0 Å². The minimum Gasteiger partial charge on any atom is -0.343 e. The molecule has 0 saturated carbocycles. The van der Waals surface area contributed by atoms with Crippen LogP contribution < -0.4 is 10.6 Å². The van der Waals surface area contributed by atoms with E-state index in [1.807, 2.05) is 20.8 Å². The molecule has 0 radical (unpaired) electrons. The summed E-state index contributed by atoms with van der Waals surface area (Å²) < 4.78 is 0. The van der Waals surface area contributed by atoms with Crippen molar-refractivity contribution < 1.29 is 9.59 Å². The monoisotopic (exact) mass is 267 g/mol. The average Bonchev–Trinajstić information content (AvgIpc) is 2.47. The molecule has 19 heavy (non-hydrogen) atoms. The summed E-state index contributed by atoms with van der Waals surface area (Å²) in [6.45, 7) is 8.46. The molecule has 0 spiro atoms. The Hall–Kier alpha value is -1.36. The number of rotatable bonds is 4. The summed E-state index contributed by atoms with van der Waals surface area (Å²) in [5.41, 5.74) is 2.19. The molecule has 1 aliphatic heterocycles. The predicted molar refractivity (Wildman–Crippen MR) is 75.4 cm³/mol. The standard InChI is InChI=1S/C14H25N3O2/c1-6-15-10(3)13(18)16-12-8-7-9(2)11(4)17(5)14(12)19/h10,12,15H,6-8H2,1-5H3,(H,16,18). The normalized spacial score (nSPS) is 22.3. The molecule has 5 nitrogen and oxygen atoms in total. The first-order valence-electron chi connectivity index (χ1n) is 6.86. The smallest absolute Gasteiger partial charge is 0.249 e. The number of allylic oxidation sites excluding steroid dienone is 2. The van der Waals surface area contributed by atoms with E-state index in [-0.39, 0.29) is 17.9 Å². The summed E-state index contributed by atoms with van der Waals surface area (Å²) >= 11 is 0. The maximum atomic E-state index is 12.3. The zero-order valence-electron chi connectivity index (χ0n) is 12.5. The summed E-state index contributed by atoms with van der Waals surface area (Å²) in [7, 11) is 1.76. The Labute approximate surface area is 115 Å². The van der Waals surface area contributed by atoms with E-state index in [0.717, 1.165) is 18.7 Å². The first-order valence-corrected chi connectivity index (χ1v) is 6.86. The van der Waals surface area contributed by atoms with Crippen LogP contribution in [-0.4, -0.2) is 42.4 Å². The molecule has 1 heterocycles. The van der Waals surface area contributed by atoms with Gasteiger partial charge < -0.3 is 15.5 Å². The van der Waals surface area contributed by atoms with Gasteiger partial charge in [-0.1, -0.05) is 12.5 Å². The van der Waals surface area contributed by atoms with Crippen LogP contribution in [0.15, 0.2) is 11.3 Å². The molecular weight excluding hydrogens is 242 g/mol. The molecule has 1 aliphatic rings. The zero-order valence-corrected chi connectivity index (χ0v) is 12.5. The lowest BCUT2D eigenvalue weighted by atomic mass is 10.1. The third kappa shape index (κ3) is 3.80. The lowest BCUT2D eigenvalue weighted by Crippen LogP contribution is -2.51. The summed E-state index contributed by atoms with van der Waals surface area (Å²) in [5, 5.41) is 5.89. The van der Waals surface area contributed by atoms with Crippen molar-refractivity contribution in [3.63, 3.8) is 0 Å². The number of carbonyl (C=O) groups is 2. The molecular formula is C14H25N3O2. The van der Waals surface area contributed by atoms with Crippen molar-refractivity contribution in [2.45, 2.75) is 52.6 Å².